The van der Waals surface area contributed by atoms with Crippen molar-refractivity contribution in [1.29, 1.82) is 5.26 Å². The average Bonchev–Trinajstić information content (AvgIpc) is 2.80. The summed E-state index contributed by atoms with van der Waals surface area (Å²) < 4.78 is 1.68. The first-order chi connectivity index (χ1) is 15.4. The molecule has 0 radical (unpaired) electrons. The van der Waals surface area contributed by atoms with Crippen molar-refractivity contribution in [3.05, 3.63) is 85.7 Å². The average molecular weight is 435 g/mol. The summed E-state index contributed by atoms with van der Waals surface area (Å²) in [5.74, 6) is -0.595. The number of amides is 1. The molecule has 0 fully saturated rings. The number of carbonyl (C=O) groups excluding carboxylic acids is 1. The Kier molecular flexibility index (Phi) is 7.28. The molecule has 10 nitrogen and oxygen atoms in total. The van der Waals surface area contributed by atoms with Gasteiger partial charge in [-0.25, -0.2) is 0 Å². The number of nitro groups is 1. The second kappa shape index (κ2) is 10.3. The number of aromatic nitrogens is 1. The topological polar surface area (TPSA) is 150 Å². The summed E-state index contributed by atoms with van der Waals surface area (Å²) in [6, 6.07) is 12.9. The van der Waals surface area contributed by atoms with E-state index in [2.05, 4.69) is 10.6 Å². The molecule has 164 valence electrons. The maximum absolute atomic E-state index is 13.0. The lowest BCUT2D eigenvalue weighted by molar-refractivity contribution is -0.384. The van der Waals surface area contributed by atoms with Crippen molar-refractivity contribution in [1.82, 2.24) is 15.2 Å². The predicted octanol–water partition coefficient (Wildman–Crippen LogP) is 1.14. The molecule has 0 spiro atoms. The number of benzene rings is 2. The summed E-state index contributed by atoms with van der Waals surface area (Å²) in [4.78, 5) is 36.3. The summed E-state index contributed by atoms with van der Waals surface area (Å²) in [6.45, 7) is 1.29. The zero-order valence-corrected chi connectivity index (χ0v) is 17.1. The number of fused-ring (bicyclic) bond motifs is 1. The molecule has 3 rings (SSSR count). The molecule has 32 heavy (non-hydrogen) atoms. The van der Waals surface area contributed by atoms with E-state index in [-0.39, 0.29) is 29.8 Å². The van der Waals surface area contributed by atoms with E-state index in [1.807, 2.05) is 6.07 Å². The Morgan fingerprint density at radius 1 is 1.16 bits per heavy atom. The fourth-order valence-corrected chi connectivity index (χ4v) is 3.24. The van der Waals surface area contributed by atoms with Crippen LogP contribution >= 0.6 is 0 Å². The third-order valence-electron chi connectivity index (χ3n) is 4.83. The smallest absolute Gasteiger partial charge is 0.270 e. The van der Waals surface area contributed by atoms with Gasteiger partial charge < -0.3 is 20.3 Å². The molecule has 0 atom stereocenters. The number of hydrogen-bond acceptors (Lipinski definition) is 7. The highest BCUT2D eigenvalue weighted by atomic mass is 16.6. The number of pyridine rings is 1. The minimum Gasteiger partial charge on any atom is -0.395 e. The van der Waals surface area contributed by atoms with E-state index in [4.69, 9.17) is 10.4 Å². The lowest BCUT2D eigenvalue weighted by Crippen LogP contribution is -2.35. The first-order valence-electron chi connectivity index (χ1n) is 9.85. The summed E-state index contributed by atoms with van der Waals surface area (Å²) >= 11 is 0. The second-order valence-corrected chi connectivity index (χ2v) is 7.00. The van der Waals surface area contributed by atoms with Gasteiger partial charge in [0.2, 0.25) is 5.43 Å². The standard InChI is InChI=1S/C22H21N5O5/c23-12-15-1-3-16(4-2-15)13-26-14-19(22(30)25-8-7-24-9-10-28)21(29)18-11-17(27(31)32)5-6-20(18)26/h1-6,11,14,24,28H,7-10,13H2,(H,25,30). The van der Waals surface area contributed by atoms with Crippen molar-refractivity contribution in [2.45, 2.75) is 6.54 Å². The third kappa shape index (κ3) is 5.15. The molecular weight excluding hydrogens is 414 g/mol. The van der Waals surface area contributed by atoms with E-state index in [1.54, 1.807) is 28.8 Å². The maximum atomic E-state index is 13.0. The van der Waals surface area contributed by atoms with E-state index in [0.717, 1.165) is 5.56 Å². The van der Waals surface area contributed by atoms with E-state index in [1.165, 1.54) is 24.4 Å². The lowest BCUT2D eigenvalue weighted by atomic mass is 10.1. The van der Waals surface area contributed by atoms with Gasteiger partial charge in [0.05, 0.1) is 34.1 Å². The second-order valence-electron chi connectivity index (χ2n) is 7.00. The number of non-ortho nitro benzene ring substituents is 1. The van der Waals surface area contributed by atoms with Crippen LogP contribution < -0.4 is 16.1 Å². The predicted molar refractivity (Wildman–Crippen MR) is 117 cm³/mol. The lowest BCUT2D eigenvalue weighted by Gasteiger charge is -2.14. The van der Waals surface area contributed by atoms with Crippen molar-refractivity contribution in [3.8, 4) is 6.07 Å². The molecule has 0 bridgehead atoms. The summed E-state index contributed by atoms with van der Waals surface area (Å²) in [7, 11) is 0. The number of carbonyl (C=O) groups is 1. The Labute approximate surface area is 182 Å². The van der Waals surface area contributed by atoms with Crippen molar-refractivity contribution >= 4 is 22.5 Å². The van der Waals surface area contributed by atoms with Crippen LogP contribution in [0.1, 0.15) is 21.5 Å². The van der Waals surface area contributed by atoms with Crippen molar-refractivity contribution in [3.63, 3.8) is 0 Å². The van der Waals surface area contributed by atoms with E-state index in [9.17, 15) is 19.7 Å². The summed E-state index contributed by atoms with van der Waals surface area (Å²) in [5, 5.41) is 34.6. The van der Waals surface area contributed by atoms with Crippen LogP contribution in [0.25, 0.3) is 10.9 Å². The number of nitrogens with one attached hydrogen (secondary N) is 2. The number of nitro benzene ring substituents is 1. The van der Waals surface area contributed by atoms with Crippen LogP contribution in [0.15, 0.2) is 53.5 Å². The first-order valence-corrected chi connectivity index (χ1v) is 9.85. The fraction of sp³-hybridized carbons (Fsp3) is 0.227. The van der Waals surface area contributed by atoms with Gasteiger partial charge in [0.15, 0.2) is 0 Å². The number of nitriles is 1. The minimum atomic E-state index is -0.597. The number of hydrogen-bond donors (Lipinski definition) is 3. The third-order valence-corrected chi connectivity index (χ3v) is 4.83. The van der Waals surface area contributed by atoms with Gasteiger partial charge in [-0.15, -0.1) is 0 Å². The van der Waals surface area contributed by atoms with E-state index < -0.39 is 16.3 Å². The number of nitrogens with zero attached hydrogens (tertiary/aromatic N) is 3. The fourth-order valence-electron chi connectivity index (χ4n) is 3.24. The van der Waals surface area contributed by atoms with Gasteiger partial charge in [0, 0.05) is 44.5 Å². The minimum absolute atomic E-state index is 0.0303. The molecule has 1 aromatic heterocycles. The number of rotatable bonds is 9. The molecule has 0 aliphatic heterocycles. The molecule has 0 aliphatic carbocycles. The van der Waals surface area contributed by atoms with Crippen molar-refractivity contribution in [2.24, 2.45) is 0 Å². The van der Waals surface area contributed by atoms with Crippen LogP contribution in [0.5, 0.6) is 0 Å². The Hall–Kier alpha value is -4.07. The van der Waals surface area contributed by atoms with Crippen LogP contribution in [-0.2, 0) is 6.54 Å². The SMILES string of the molecule is N#Cc1ccc(Cn2cc(C(=O)NCCNCCO)c(=O)c3cc([N+](=O)[O-])ccc32)cc1. The summed E-state index contributed by atoms with van der Waals surface area (Å²) in [5.41, 5.74) is 0.807. The Bertz CT molecular complexity index is 1240. The Balaban J connectivity index is 2.01. The molecule has 1 heterocycles. The van der Waals surface area contributed by atoms with Gasteiger partial charge in [-0.2, -0.15) is 5.26 Å². The summed E-state index contributed by atoms with van der Waals surface area (Å²) in [6.07, 6.45) is 1.44. The van der Waals surface area contributed by atoms with Crippen molar-refractivity contribution < 1.29 is 14.8 Å². The van der Waals surface area contributed by atoms with Crippen LogP contribution in [0.2, 0.25) is 0 Å². The van der Waals surface area contributed by atoms with Crippen LogP contribution in [0.4, 0.5) is 5.69 Å². The first kappa shape index (κ1) is 22.6. The zero-order valence-electron chi connectivity index (χ0n) is 17.1. The van der Waals surface area contributed by atoms with Gasteiger partial charge in [-0.05, 0) is 23.8 Å². The molecule has 10 heteroatoms. The quantitative estimate of drug-likeness (QED) is 0.259. The van der Waals surface area contributed by atoms with Crippen LogP contribution in [-0.4, -0.2) is 46.7 Å². The zero-order chi connectivity index (χ0) is 23.1. The highest BCUT2D eigenvalue weighted by Gasteiger charge is 2.18. The maximum Gasteiger partial charge on any atom is 0.270 e. The highest BCUT2D eigenvalue weighted by Crippen LogP contribution is 2.20. The molecule has 3 N–H and O–H groups in total. The normalized spacial score (nSPS) is 10.6. The molecule has 0 saturated carbocycles. The number of aliphatic hydroxyl groups is 1. The van der Waals surface area contributed by atoms with Gasteiger partial charge in [0.1, 0.15) is 5.56 Å². The molecule has 0 saturated heterocycles. The van der Waals surface area contributed by atoms with E-state index in [0.29, 0.717) is 30.7 Å². The van der Waals surface area contributed by atoms with Crippen molar-refractivity contribution in [2.75, 3.05) is 26.2 Å². The monoisotopic (exact) mass is 435 g/mol. The largest absolute Gasteiger partial charge is 0.395 e. The molecule has 0 unspecified atom stereocenters. The molecule has 0 aliphatic rings. The van der Waals surface area contributed by atoms with Crippen LogP contribution in [0.3, 0.4) is 0 Å². The molecular formula is C22H21N5O5. The van der Waals surface area contributed by atoms with Gasteiger partial charge in [0.25, 0.3) is 11.6 Å². The van der Waals surface area contributed by atoms with Gasteiger partial charge in [-0.3, -0.25) is 19.7 Å². The number of aliphatic hydroxyl groups excluding tert-OH is 1. The van der Waals surface area contributed by atoms with E-state index >= 15 is 0 Å². The van der Waals surface area contributed by atoms with Crippen LogP contribution in [0, 0.1) is 21.4 Å². The van der Waals surface area contributed by atoms with Gasteiger partial charge in [-0.1, -0.05) is 12.1 Å². The molecule has 3 aromatic rings. The Morgan fingerprint density at radius 2 is 1.91 bits per heavy atom. The Morgan fingerprint density at radius 3 is 2.56 bits per heavy atom. The van der Waals surface area contributed by atoms with Gasteiger partial charge >= 0.3 is 0 Å². The molecule has 2 aromatic carbocycles. The molecule has 1 amide bonds. The highest BCUT2D eigenvalue weighted by molar-refractivity contribution is 5.97.